The lowest BCUT2D eigenvalue weighted by molar-refractivity contribution is 0.104. The Labute approximate surface area is 114 Å². The molecule has 0 saturated carbocycles. The van der Waals surface area contributed by atoms with Gasteiger partial charge in [0.15, 0.2) is 0 Å². The van der Waals surface area contributed by atoms with Crippen molar-refractivity contribution in [1.82, 2.24) is 5.32 Å². The van der Waals surface area contributed by atoms with Crippen LogP contribution < -0.4 is 5.32 Å². The summed E-state index contributed by atoms with van der Waals surface area (Å²) in [6, 6.07) is 10.1. The van der Waals surface area contributed by atoms with Gasteiger partial charge >= 0.3 is 0 Å². The molecule has 0 saturated heterocycles. The Morgan fingerprint density at radius 1 is 1.17 bits per heavy atom. The third-order valence-electron chi connectivity index (χ3n) is 2.55. The molecule has 0 aliphatic heterocycles. The molecule has 0 aromatic heterocycles. The van der Waals surface area contributed by atoms with Gasteiger partial charge in [-0.2, -0.15) is 0 Å². The van der Waals surface area contributed by atoms with Crippen molar-refractivity contribution in [2.24, 2.45) is 0 Å². The van der Waals surface area contributed by atoms with Gasteiger partial charge in [-0.15, -0.1) is 11.6 Å². The second kappa shape index (κ2) is 10.3. The molecule has 18 heavy (non-hydrogen) atoms. The molecule has 0 heterocycles. The number of alkyl halides is 1. The Balaban J connectivity index is 1.98. The number of methoxy groups -OCH3 is 1. The molecule has 0 spiro atoms. The van der Waals surface area contributed by atoms with Crippen molar-refractivity contribution in [3.8, 4) is 0 Å². The Hall–Kier alpha value is -0.610. The summed E-state index contributed by atoms with van der Waals surface area (Å²) < 4.78 is 10.4. The molecule has 3 nitrogen and oxygen atoms in total. The van der Waals surface area contributed by atoms with E-state index in [9.17, 15) is 0 Å². The first-order valence-corrected chi connectivity index (χ1v) is 6.74. The van der Waals surface area contributed by atoms with Crippen molar-refractivity contribution in [2.45, 2.75) is 11.8 Å². The van der Waals surface area contributed by atoms with Crippen molar-refractivity contribution < 1.29 is 9.47 Å². The minimum atomic E-state index is 0.0136. The molecular formula is C14H22ClNO2. The molecule has 0 aliphatic rings. The van der Waals surface area contributed by atoms with Crippen LogP contribution in [0.15, 0.2) is 30.3 Å². The van der Waals surface area contributed by atoms with Gasteiger partial charge in [-0.3, -0.25) is 0 Å². The van der Waals surface area contributed by atoms with Gasteiger partial charge < -0.3 is 14.8 Å². The van der Waals surface area contributed by atoms with E-state index in [1.165, 1.54) is 0 Å². The molecule has 1 unspecified atom stereocenters. The Kier molecular flexibility index (Phi) is 8.86. The number of rotatable bonds is 10. The second-order valence-corrected chi connectivity index (χ2v) is 4.57. The van der Waals surface area contributed by atoms with E-state index in [2.05, 4.69) is 5.32 Å². The Bertz CT molecular complexity index is 295. The summed E-state index contributed by atoms with van der Waals surface area (Å²) in [4.78, 5) is 0. The molecule has 0 radical (unpaired) electrons. The molecule has 0 amide bonds. The summed E-state index contributed by atoms with van der Waals surface area (Å²) in [6.07, 6.45) is 0.943. The minimum absolute atomic E-state index is 0.0136. The summed E-state index contributed by atoms with van der Waals surface area (Å²) in [5.41, 5.74) is 1.15. The zero-order valence-electron chi connectivity index (χ0n) is 10.9. The average Bonchev–Trinajstić information content (AvgIpc) is 2.42. The third-order valence-corrected chi connectivity index (χ3v) is 2.95. The zero-order chi connectivity index (χ0) is 13.1. The van der Waals surface area contributed by atoms with Crippen LogP contribution in [0.5, 0.6) is 0 Å². The quantitative estimate of drug-likeness (QED) is 0.524. The van der Waals surface area contributed by atoms with E-state index in [1.807, 2.05) is 30.3 Å². The molecule has 0 aliphatic carbocycles. The first-order valence-electron chi connectivity index (χ1n) is 6.31. The van der Waals surface area contributed by atoms with Crippen molar-refractivity contribution >= 4 is 11.6 Å². The van der Waals surface area contributed by atoms with Crippen LogP contribution in [0.25, 0.3) is 0 Å². The number of benzene rings is 1. The zero-order valence-corrected chi connectivity index (χ0v) is 11.7. The van der Waals surface area contributed by atoms with Gasteiger partial charge in [0, 0.05) is 33.4 Å². The summed E-state index contributed by atoms with van der Waals surface area (Å²) in [5, 5.41) is 3.30. The predicted octanol–water partition coefficient (Wildman–Crippen LogP) is 2.61. The van der Waals surface area contributed by atoms with Crippen molar-refractivity contribution in [1.29, 1.82) is 0 Å². The second-order valence-electron chi connectivity index (χ2n) is 4.04. The van der Waals surface area contributed by atoms with Crippen LogP contribution in [0.1, 0.15) is 17.4 Å². The van der Waals surface area contributed by atoms with Crippen LogP contribution in [0.3, 0.4) is 0 Å². The SMILES string of the molecule is COCCCOCCNCC(Cl)c1ccccc1. The van der Waals surface area contributed by atoms with Crippen LogP contribution in [0.2, 0.25) is 0 Å². The smallest absolute Gasteiger partial charge is 0.0709 e. The number of ether oxygens (including phenoxy) is 2. The normalized spacial score (nSPS) is 12.6. The van der Waals surface area contributed by atoms with Crippen molar-refractivity contribution in [3.05, 3.63) is 35.9 Å². The fraction of sp³-hybridized carbons (Fsp3) is 0.571. The van der Waals surface area contributed by atoms with Crippen LogP contribution in [-0.2, 0) is 9.47 Å². The van der Waals surface area contributed by atoms with Crippen LogP contribution in [-0.4, -0.2) is 40.0 Å². The third kappa shape index (κ3) is 6.97. The molecular weight excluding hydrogens is 250 g/mol. The summed E-state index contributed by atoms with van der Waals surface area (Å²) in [6.45, 7) is 3.79. The van der Waals surface area contributed by atoms with E-state index in [1.54, 1.807) is 7.11 Å². The number of halogens is 1. The standard InChI is InChI=1S/C14H22ClNO2/c1-17-9-5-10-18-11-8-16-12-14(15)13-6-3-2-4-7-13/h2-4,6-7,14,16H,5,8-12H2,1H3. The predicted molar refractivity (Wildman–Crippen MR) is 75.2 cm³/mol. The number of hydrogen-bond acceptors (Lipinski definition) is 3. The molecule has 1 aromatic carbocycles. The lowest BCUT2D eigenvalue weighted by atomic mass is 10.1. The Morgan fingerprint density at radius 2 is 1.94 bits per heavy atom. The maximum atomic E-state index is 6.27. The number of nitrogens with one attached hydrogen (secondary N) is 1. The van der Waals surface area contributed by atoms with Gasteiger partial charge in [-0.05, 0) is 12.0 Å². The van der Waals surface area contributed by atoms with Gasteiger partial charge in [-0.1, -0.05) is 30.3 Å². The average molecular weight is 272 g/mol. The van der Waals surface area contributed by atoms with Gasteiger partial charge in [0.05, 0.1) is 12.0 Å². The Morgan fingerprint density at radius 3 is 2.67 bits per heavy atom. The van der Waals surface area contributed by atoms with Crippen molar-refractivity contribution in [2.75, 3.05) is 40.0 Å². The molecule has 1 atom stereocenters. The molecule has 0 bridgehead atoms. The van der Waals surface area contributed by atoms with E-state index in [0.29, 0.717) is 6.61 Å². The van der Waals surface area contributed by atoms with Gasteiger partial charge in [-0.25, -0.2) is 0 Å². The van der Waals surface area contributed by atoms with Crippen LogP contribution in [0.4, 0.5) is 0 Å². The first-order chi connectivity index (χ1) is 8.84. The molecule has 1 aromatic rings. The van der Waals surface area contributed by atoms with Gasteiger partial charge in [0.25, 0.3) is 0 Å². The van der Waals surface area contributed by atoms with E-state index < -0.39 is 0 Å². The number of hydrogen-bond donors (Lipinski definition) is 1. The first kappa shape index (κ1) is 15.4. The summed E-state index contributed by atoms with van der Waals surface area (Å²) in [5.74, 6) is 0. The lowest BCUT2D eigenvalue weighted by Gasteiger charge is -2.11. The van der Waals surface area contributed by atoms with Crippen LogP contribution in [0, 0.1) is 0 Å². The summed E-state index contributed by atoms with van der Waals surface area (Å²) >= 11 is 6.27. The summed E-state index contributed by atoms with van der Waals surface area (Å²) in [7, 11) is 1.70. The fourth-order valence-corrected chi connectivity index (χ4v) is 1.81. The fourth-order valence-electron chi connectivity index (χ4n) is 1.56. The maximum absolute atomic E-state index is 6.27. The van der Waals surface area contributed by atoms with E-state index in [-0.39, 0.29) is 5.38 Å². The molecule has 1 rings (SSSR count). The maximum Gasteiger partial charge on any atom is 0.0709 e. The minimum Gasteiger partial charge on any atom is -0.385 e. The molecule has 4 heteroatoms. The highest BCUT2D eigenvalue weighted by Gasteiger charge is 2.05. The largest absolute Gasteiger partial charge is 0.385 e. The van der Waals surface area contributed by atoms with E-state index >= 15 is 0 Å². The highest BCUT2D eigenvalue weighted by Crippen LogP contribution is 2.18. The van der Waals surface area contributed by atoms with Crippen molar-refractivity contribution in [3.63, 3.8) is 0 Å². The van der Waals surface area contributed by atoms with E-state index in [4.69, 9.17) is 21.1 Å². The molecule has 0 fully saturated rings. The molecule has 102 valence electrons. The highest BCUT2D eigenvalue weighted by atomic mass is 35.5. The molecule has 1 N–H and O–H groups in total. The lowest BCUT2D eigenvalue weighted by Crippen LogP contribution is -2.23. The van der Waals surface area contributed by atoms with Crippen LogP contribution >= 0.6 is 11.6 Å². The topological polar surface area (TPSA) is 30.5 Å². The van der Waals surface area contributed by atoms with E-state index in [0.717, 1.165) is 38.3 Å². The van der Waals surface area contributed by atoms with Gasteiger partial charge in [0.1, 0.15) is 0 Å². The highest BCUT2D eigenvalue weighted by molar-refractivity contribution is 6.21. The monoisotopic (exact) mass is 271 g/mol. The van der Waals surface area contributed by atoms with Gasteiger partial charge in [0.2, 0.25) is 0 Å².